The van der Waals surface area contributed by atoms with Crippen LogP contribution < -0.4 is 5.56 Å². The molecular formula is C20H21N3OS2. The van der Waals surface area contributed by atoms with Gasteiger partial charge < -0.3 is 0 Å². The molecule has 26 heavy (non-hydrogen) atoms. The second-order valence-corrected chi connectivity index (χ2v) is 8.36. The molecule has 134 valence electrons. The average Bonchev–Trinajstić information content (AvgIpc) is 2.96. The molecule has 6 heteroatoms. The number of fused-ring (bicyclic) bond motifs is 1. The van der Waals surface area contributed by atoms with E-state index in [4.69, 9.17) is 10.2 Å². The van der Waals surface area contributed by atoms with Crippen LogP contribution in [0.4, 0.5) is 0 Å². The summed E-state index contributed by atoms with van der Waals surface area (Å²) in [4.78, 5) is 20.1. The van der Waals surface area contributed by atoms with Crippen molar-refractivity contribution < 1.29 is 0 Å². The van der Waals surface area contributed by atoms with E-state index in [0.717, 1.165) is 27.8 Å². The Hall–Kier alpha value is -2.10. The Morgan fingerprint density at radius 3 is 2.65 bits per heavy atom. The molecule has 0 amide bonds. The molecule has 1 aromatic carbocycles. The molecule has 0 N–H and O–H groups in total. The van der Waals surface area contributed by atoms with Crippen molar-refractivity contribution in [2.45, 2.75) is 45.3 Å². The Morgan fingerprint density at radius 1 is 1.27 bits per heavy atom. The summed E-state index contributed by atoms with van der Waals surface area (Å²) >= 11 is 3.09. The minimum atomic E-state index is 0.0171. The SMILES string of the molecule is CCc1sc2nc(SCCC#N)n(Cc3ccc(C)cc3)c(=O)c2c1C. The number of rotatable bonds is 6. The Labute approximate surface area is 161 Å². The van der Waals surface area contributed by atoms with Gasteiger partial charge in [-0.05, 0) is 31.4 Å². The predicted octanol–water partition coefficient (Wildman–Crippen LogP) is 4.69. The van der Waals surface area contributed by atoms with E-state index in [0.29, 0.717) is 23.9 Å². The third-order valence-electron chi connectivity index (χ3n) is 4.34. The number of nitrogens with zero attached hydrogens (tertiary/aromatic N) is 3. The molecule has 0 spiro atoms. The summed E-state index contributed by atoms with van der Waals surface area (Å²) in [6.45, 7) is 6.66. The van der Waals surface area contributed by atoms with E-state index in [-0.39, 0.29) is 5.56 Å². The topological polar surface area (TPSA) is 58.7 Å². The van der Waals surface area contributed by atoms with E-state index < -0.39 is 0 Å². The first-order chi connectivity index (χ1) is 12.5. The van der Waals surface area contributed by atoms with Crippen LogP contribution >= 0.6 is 23.1 Å². The summed E-state index contributed by atoms with van der Waals surface area (Å²) in [5.41, 5.74) is 3.34. The summed E-state index contributed by atoms with van der Waals surface area (Å²) in [5, 5.41) is 10.3. The quantitative estimate of drug-likeness (QED) is 0.352. The smallest absolute Gasteiger partial charge is 0.263 e. The fourth-order valence-electron chi connectivity index (χ4n) is 2.89. The summed E-state index contributed by atoms with van der Waals surface area (Å²) in [5.74, 6) is 0.632. The van der Waals surface area contributed by atoms with Gasteiger partial charge >= 0.3 is 0 Å². The maximum Gasteiger partial charge on any atom is 0.263 e. The fraction of sp³-hybridized carbons (Fsp3) is 0.350. The average molecular weight is 384 g/mol. The van der Waals surface area contributed by atoms with Gasteiger partial charge in [-0.1, -0.05) is 48.5 Å². The monoisotopic (exact) mass is 383 g/mol. The van der Waals surface area contributed by atoms with Crippen LogP contribution in [0.5, 0.6) is 0 Å². The highest BCUT2D eigenvalue weighted by molar-refractivity contribution is 7.99. The third-order valence-corrected chi connectivity index (χ3v) is 6.65. The standard InChI is InChI=1S/C20H21N3OS2/c1-4-16-14(3)17-18(26-16)22-20(25-11-5-10-21)23(19(17)24)12-15-8-6-13(2)7-9-15/h6-9H,4-5,11-12H2,1-3H3. The van der Waals surface area contributed by atoms with E-state index in [1.807, 2.05) is 26.0 Å². The van der Waals surface area contributed by atoms with Crippen LogP contribution in [-0.2, 0) is 13.0 Å². The lowest BCUT2D eigenvalue weighted by Gasteiger charge is -2.12. The lowest BCUT2D eigenvalue weighted by Crippen LogP contribution is -2.24. The molecule has 0 bridgehead atoms. The zero-order valence-electron chi connectivity index (χ0n) is 15.2. The zero-order chi connectivity index (χ0) is 18.7. The van der Waals surface area contributed by atoms with Crippen molar-refractivity contribution in [3.63, 3.8) is 0 Å². The van der Waals surface area contributed by atoms with Gasteiger partial charge in [-0.2, -0.15) is 5.26 Å². The van der Waals surface area contributed by atoms with Crippen LogP contribution in [0.1, 0.15) is 34.9 Å². The van der Waals surface area contributed by atoms with Crippen molar-refractivity contribution in [2.75, 3.05) is 5.75 Å². The Bertz CT molecular complexity index is 1030. The molecule has 0 radical (unpaired) electrons. The van der Waals surface area contributed by atoms with E-state index in [1.165, 1.54) is 22.2 Å². The zero-order valence-corrected chi connectivity index (χ0v) is 16.8. The van der Waals surface area contributed by atoms with Crippen LogP contribution in [-0.4, -0.2) is 15.3 Å². The highest BCUT2D eigenvalue weighted by atomic mass is 32.2. The van der Waals surface area contributed by atoms with Crippen LogP contribution in [0.3, 0.4) is 0 Å². The molecule has 3 aromatic rings. The number of aromatic nitrogens is 2. The summed E-state index contributed by atoms with van der Waals surface area (Å²) in [7, 11) is 0. The van der Waals surface area contributed by atoms with E-state index in [1.54, 1.807) is 15.9 Å². The second-order valence-electron chi connectivity index (χ2n) is 6.21. The molecule has 0 fully saturated rings. The van der Waals surface area contributed by atoms with Gasteiger partial charge in [0.2, 0.25) is 0 Å². The van der Waals surface area contributed by atoms with Gasteiger partial charge in [0, 0.05) is 17.1 Å². The summed E-state index contributed by atoms with van der Waals surface area (Å²) in [6, 6.07) is 10.4. The second kappa shape index (κ2) is 8.07. The number of benzene rings is 1. The Kier molecular flexibility index (Phi) is 5.80. The minimum absolute atomic E-state index is 0.0171. The molecule has 0 aliphatic heterocycles. The lowest BCUT2D eigenvalue weighted by atomic mass is 10.1. The molecule has 0 aliphatic carbocycles. The first-order valence-electron chi connectivity index (χ1n) is 8.63. The molecule has 4 nitrogen and oxygen atoms in total. The van der Waals surface area contributed by atoms with Crippen LogP contribution in [0.25, 0.3) is 10.2 Å². The molecular weight excluding hydrogens is 362 g/mol. The van der Waals surface area contributed by atoms with Gasteiger partial charge in [0.15, 0.2) is 5.16 Å². The van der Waals surface area contributed by atoms with Crippen molar-refractivity contribution in [2.24, 2.45) is 0 Å². The van der Waals surface area contributed by atoms with Gasteiger partial charge in [-0.25, -0.2) is 4.98 Å². The highest BCUT2D eigenvalue weighted by Gasteiger charge is 2.17. The largest absolute Gasteiger partial charge is 0.283 e. The summed E-state index contributed by atoms with van der Waals surface area (Å²) in [6.07, 6.45) is 1.34. The maximum atomic E-state index is 13.3. The Balaban J connectivity index is 2.12. The van der Waals surface area contributed by atoms with E-state index in [9.17, 15) is 4.79 Å². The van der Waals surface area contributed by atoms with Crippen LogP contribution in [0, 0.1) is 25.2 Å². The van der Waals surface area contributed by atoms with Crippen molar-refractivity contribution in [1.82, 2.24) is 9.55 Å². The molecule has 0 unspecified atom stereocenters. The van der Waals surface area contributed by atoms with Gasteiger partial charge in [0.05, 0.1) is 18.0 Å². The van der Waals surface area contributed by atoms with Crippen molar-refractivity contribution >= 4 is 33.3 Å². The van der Waals surface area contributed by atoms with Crippen molar-refractivity contribution in [1.29, 1.82) is 5.26 Å². The fourth-order valence-corrected chi connectivity index (χ4v) is 4.90. The molecule has 0 saturated heterocycles. The van der Waals surface area contributed by atoms with Crippen molar-refractivity contribution in [3.05, 3.63) is 56.2 Å². The number of nitriles is 1. The first kappa shape index (κ1) is 18.7. The highest BCUT2D eigenvalue weighted by Crippen LogP contribution is 2.29. The van der Waals surface area contributed by atoms with Gasteiger partial charge in [-0.15, -0.1) is 11.3 Å². The van der Waals surface area contributed by atoms with Gasteiger partial charge in [0.1, 0.15) is 4.83 Å². The number of thioether (sulfide) groups is 1. The Morgan fingerprint density at radius 2 is 2.00 bits per heavy atom. The number of hydrogen-bond donors (Lipinski definition) is 0. The molecule has 2 heterocycles. The molecule has 0 aliphatic rings. The normalized spacial score (nSPS) is 11.0. The first-order valence-corrected chi connectivity index (χ1v) is 10.4. The number of thiophene rings is 1. The number of aryl methyl sites for hydroxylation is 3. The summed E-state index contributed by atoms with van der Waals surface area (Å²) < 4.78 is 1.76. The molecule has 2 aromatic heterocycles. The van der Waals surface area contributed by atoms with Crippen molar-refractivity contribution in [3.8, 4) is 6.07 Å². The number of hydrogen-bond acceptors (Lipinski definition) is 5. The third kappa shape index (κ3) is 3.69. The minimum Gasteiger partial charge on any atom is -0.283 e. The van der Waals surface area contributed by atoms with E-state index >= 15 is 0 Å². The van der Waals surface area contributed by atoms with E-state index in [2.05, 4.69) is 25.1 Å². The van der Waals surface area contributed by atoms with Crippen LogP contribution in [0.2, 0.25) is 0 Å². The molecule has 0 saturated carbocycles. The van der Waals surface area contributed by atoms with Gasteiger partial charge in [-0.3, -0.25) is 9.36 Å². The van der Waals surface area contributed by atoms with Gasteiger partial charge in [0.25, 0.3) is 5.56 Å². The maximum absolute atomic E-state index is 13.3. The molecule has 0 atom stereocenters. The predicted molar refractivity (Wildman–Crippen MR) is 109 cm³/mol. The van der Waals surface area contributed by atoms with Crippen LogP contribution in [0.15, 0.2) is 34.2 Å². The molecule has 3 rings (SSSR count). The lowest BCUT2D eigenvalue weighted by molar-refractivity contribution is 0.659.